The number of hydrogen-bond donors (Lipinski definition) is 1. The Kier molecular flexibility index (Phi) is 4.71. The van der Waals surface area contributed by atoms with Gasteiger partial charge in [0, 0.05) is 22.8 Å². The van der Waals surface area contributed by atoms with Crippen molar-refractivity contribution >= 4 is 15.9 Å². The first-order chi connectivity index (χ1) is 9.17. The molecule has 1 unspecified atom stereocenters. The van der Waals surface area contributed by atoms with Gasteiger partial charge in [-0.2, -0.15) is 5.10 Å². The predicted octanol–water partition coefficient (Wildman–Crippen LogP) is 3.50. The van der Waals surface area contributed by atoms with E-state index in [0.717, 1.165) is 23.1 Å². The largest absolute Gasteiger partial charge is 0.308 e. The lowest BCUT2D eigenvalue weighted by Gasteiger charge is -2.19. The van der Waals surface area contributed by atoms with Crippen LogP contribution in [0.3, 0.4) is 0 Å². The highest BCUT2D eigenvalue weighted by molar-refractivity contribution is 9.10. The maximum Gasteiger partial charge on any atom is 0.128 e. The van der Waals surface area contributed by atoms with Gasteiger partial charge in [-0.3, -0.25) is 4.68 Å². The number of aryl methyl sites for hydroxylation is 1. The van der Waals surface area contributed by atoms with Crippen molar-refractivity contribution in [3.63, 3.8) is 0 Å². The summed E-state index contributed by atoms with van der Waals surface area (Å²) >= 11 is 3.39. The van der Waals surface area contributed by atoms with Crippen LogP contribution in [0.15, 0.2) is 34.9 Å². The van der Waals surface area contributed by atoms with Gasteiger partial charge in [0.25, 0.3) is 0 Å². The fourth-order valence-corrected chi connectivity index (χ4v) is 2.56. The van der Waals surface area contributed by atoms with Crippen molar-refractivity contribution in [1.29, 1.82) is 0 Å². The third kappa shape index (κ3) is 3.04. The molecule has 102 valence electrons. The molecular formula is C14H17BrFN3. The van der Waals surface area contributed by atoms with Crippen LogP contribution < -0.4 is 5.32 Å². The second-order valence-electron chi connectivity index (χ2n) is 4.37. The third-order valence-electron chi connectivity index (χ3n) is 3.04. The topological polar surface area (TPSA) is 29.9 Å². The van der Waals surface area contributed by atoms with Crippen LogP contribution in [0.4, 0.5) is 4.39 Å². The number of nitrogens with one attached hydrogen (secondary N) is 1. The predicted molar refractivity (Wildman–Crippen MR) is 77.5 cm³/mol. The van der Waals surface area contributed by atoms with Gasteiger partial charge in [-0.1, -0.05) is 22.9 Å². The molecule has 0 saturated heterocycles. The monoisotopic (exact) mass is 325 g/mol. The Labute approximate surface area is 121 Å². The molecule has 2 rings (SSSR count). The van der Waals surface area contributed by atoms with Crippen LogP contribution >= 0.6 is 15.9 Å². The molecule has 0 spiro atoms. The molecule has 3 nitrogen and oxygen atoms in total. The fourth-order valence-electron chi connectivity index (χ4n) is 2.19. The van der Waals surface area contributed by atoms with Crippen molar-refractivity contribution in [3.05, 3.63) is 52.0 Å². The van der Waals surface area contributed by atoms with Crippen molar-refractivity contribution in [1.82, 2.24) is 15.1 Å². The van der Waals surface area contributed by atoms with E-state index in [9.17, 15) is 4.39 Å². The highest BCUT2D eigenvalue weighted by Crippen LogP contribution is 2.26. The van der Waals surface area contributed by atoms with Crippen molar-refractivity contribution in [2.24, 2.45) is 0 Å². The highest BCUT2D eigenvalue weighted by Gasteiger charge is 2.20. The summed E-state index contributed by atoms with van der Waals surface area (Å²) in [7, 11) is 1.83. The van der Waals surface area contributed by atoms with Gasteiger partial charge in [0.05, 0.1) is 11.7 Å². The van der Waals surface area contributed by atoms with Gasteiger partial charge in [0.1, 0.15) is 5.82 Å². The number of halogens is 2. The zero-order valence-corrected chi connectivity index (χ0v) is 12.6. The molecule has 5 heteroatoms. The van der Waals surface area contributed by atoms with Crippen molar-refractivity contribution in [3.8, 4) is 0 Å². The van der Waals surface area contributed by atoms with Crippen molar-refractivity contribution in [2.45, 2.75) is 25.9 Å². The average Bonchev–Trinajstić information content (AvgIpc) is 2.83. The third-order valence-corrected chi connectivity index (χ3v) is 3.53. The minimum atomic E-state index is -0.216. The lowest BCUT2D eigenvalue weighted by molar-refractivity contribution is 0.516. The molecule has 0 radical (unpaired) electrons. The minimum Gasteiger partial charge on any atom is -0.308 e. The molecule has 1 N–H and O–H groups in total. The Morgan fingerprint density at radius 2 is 2.21 bits per heavy atom. The summed E-state index contributed by atoms with van der Waals surface area (Å²) in [6.45, 7) is 2.93. The van der Waals surface area contributed by atoms with Crippen LogP contribution in [0, 0.1) is 5.82 Å². The normalized spacial score (nSPS) is 12.6. The van der Waals surface area contributed by atoms with E-state index in [1.54, 1.807) is 18.3 Å². The standard InChI is InChI=1S/C14H17BrFN3/c1-3-8-19-13(6-7-18-19)14(17-2)11-9-10(15)4-5-12(11)16/h4-7,9,14,17H,3,8H2,1-2H3. The first-order valence-electron chi connectivity index (χ1n) is 6.31. The van der Waals surface area contributed by atoms with Crippen LogP contribution in [-0.4, -0.2) is 16.8 Å². The fraction of sp³-hybridized carbons (Fsp3) is 0.357. The number of hydrogen-bond acceptors (Lipinski definition) is 2. The molecule has 0 aliphatic carbocycles. The Bertz CT molecular complexity index is 553. The highest BCUT2D eigenvalue weighted by atomic mass is 79.9. The summed E-state index contributed by atoms with van der Waals surface area (Å²) in [4.78, 5) is 0. The molecule has 2 aromatic rings. The number of rotatable bonds is 5. The molecule has 1 aromatic carbocycles. The summed E-state index contributed by atoms with van der Waals surface area (Å²) in [5.74, 6) is -0.216. The average molecular weight is 326 g/mol. The lowest BCUT2D eigenvalue weighted by Crippen LogP contribution is -2.22. The van der Waals surface area contributed by atoms with E-state index in [-0.39, 0.29) is 11.9 Å². The van der Waals surface area contributed by atoms with E-state index in [0.29, 0.717) is 5.56 Å². The summed E-state index contributed by atoms with van der Waals surface area (Å²) in [5, 5.41) is 7.46. The van der Waals surface area contributed by atoms with Crippen molar-refractivity contribution < 1.29 is 4.39 Å². The number of aromatic nitrogens is 2. The molecule has 1 heterocycles. The van der Waals surface area contributed by atoms with Crippen LogP contribution in [0.25, 0.3) is 0 Å². The Morgan fingerprint density at radius 1 is 1.42 bits per heavy atom. The number of benzene rings is 1. The Morgan fingerprint density at radius 3 is 2.89 bits per heavy atom. The Hall–Kier alpha value is -1.20. The van der Waals surface area contributed by atoms with E-state index < -0.39 is 0 Å². The van der Waals surface area contributed by atoms with Gasteiger partial charge in [0.15, 0.2) is 0 Å². The second-order valence-corrected chi connectivity index (χ2v) is 5.28. The van der Waals surface area contributed by atoms with E-state index in [4.69, 9.17) is 0 Å². The first-order valence-corrected chi connectivity index (χ1v) is 7.10. The van der Waals surface area contributed by atoms with E-state index in [1.807, 2.05) is 17.8 Å². The first kappa shape index (κ1) is 14.2. The molecule has 0 aliphatic heterocycles. The van der Waals surface area contributed by atoms with Gasteiger partial charge in [-0.05, 0) is 37.7 Å². The maximum atomic E-state index is 14.0. The molecule has 19 heavy (non-hydrogen) atoms. The van der Waals surface area contributed by atoms with Gasteiger partial charge < -0.3 is 5.32 Å². The molecule has 1 aromatic heterocycles. The van der Waals surface area contributed by atoms with Gasteiger partial charge in [-0.15, -0.1) is 0 Å². The van der Waals surface area contributed by atoms with E-state index >= 15 is 0 Å². The zero-order valence-electron chi connectivity index (χ0n) is 11.0. The van der Waals surface area contributed by atoms with Gasteiger partial charge in [-0.25, -0.2) is 4.39 Å². The molecular weight excluding hydrogens is 309 g/mol. The van der Waals surface area contributed by atoms with Gasteiger partial charge >= 0.3 is 0 Å². The minimum absolute atomic E-state index is 0.202. The summed E-state index contributed by atoms with van der Waals surface area (Å²) in [5.41, 5.74) is 1.59. The van der Waals surface area contributed by atoms with E-state index in [1.165, 1.54) is 6.07 Å². The van der Waals surface area contributed by atoms with Crippen LogP contribution in [0.5, 0.6) is 0 Å². The second kappa shape index (κ2) is 6.30. The van der Waals surface area contributed by atoms with E-state index in [2.05, 4.69) is 33.3 Å². The number of nitrogens with zero attached hydrogens (tertiary/aromatic N) is 2. The maximum absolute atomic E-state index is 14.0. The summed E-state index contributed by atoms with van der Waals surface area (Å²) < 4.78 is 16.8. The molecule has 0 aliphatic rings. The molecule has 0 fully saturated rings. The molecule has 0 amide bonds. The van der Waals surface area contributed by atoms with Crippen molar-refractivity contribution in [2.75, 3.05) is 7.05 Å². The van der Waals surface area contributed by atoms with Gasteiger partial charge in [0.2, 0.25) is 0 Å². The quantitative estimate of drug-likeness (QED) is 0.911. The van der Waals surface area contributed by atoms with Crippen LogP contribution in [-0.2, 0) is 6.54 Å². The SMILES string of the molecule is CCCn1nccc1C(NC)c1cc(Br)ccc1F. The smallest absolute Gasteiger partial charge is 0.128 e. The Balaban J connectivity index is 2.44. The zero-order chi connectivity index (χ0) is 13.8. The lowest BCUT2D eigenvalue weighted by atomic mass is 10.0. The molecule has 1 atom stereocenters. The van der Waals surface area contributed by atoms with Crippen LogP contribution in [0.2, 0.25) is 0 Å². The van der Waals surface area contributed by atoms with Crippen LogP contribution in [0.1, 0.15) is 30.6 Å². The molecule has 0 bridgehead atoms. The summed E-state index contributed by atoms with van der Waals surface area (Å²) in [6, 6.07) is 6.71. The molecule has 0 saturated carbocycles. The summed E-state index contributed by atoms with van der Waals surface area (Å²) in [6.07, 6.45) is 2.75.